The molecule has 33 heavy (non-hydrogen) atoms. The van der Waals surface area contributed by atoms with Crippen molar-refractivity contribution >= 4 is 29.1 Å². The van der Waals surface area contributed by atoms with E-state index >= 15 is 0 Å². The van der Waals surface area contributed by atoms with Crippen molar-refractivity contribution in [2.75, 3.05) is 6.61 Å². The Balaban J connectivity index is 1.79. The first-order valence-corrected chi connectivity index (χ1v) is 11.2. The Labute approximate surface area is 197 Å². The molecule has 1 amide bonds. The van der Waals surface area contributed by atoms with Gasteiger partial charge in [0.25, 0.3) is 11.7 Å². The maximum Gasteiger partial charge on any atom is 0.296 e. The third-order valence-corrected chi connectivity index (χ3v) is 5.72. The van der Waals surface area contributed by atoms with E-state index in [0.29, 0.717) is 34.3 Å². The van der Waals surface area contributed by atoms with Crippen molar-refractivity contribution in [2.45, 2.75) is 32.4 Å². The van der Waals surface area contributed by atoms with Gasteiger partial charge in [0.2, 0.25) is 0 Å². The molecule has 4 rings (SSSR count). The highest BCUT2D eigenvalue weighted by Gasteiger charge is 2.46. The molecule has 7 heteroatoms. The van der Waals surface area contributed by atoms with Crippen LogP contribution in [0.3, 0.4) is 0 Å². The van der Waals surface area contributed by atoms with E-state index in [1.165, 1.54) is 11.2 Å². The summed E-state index contributed by atoms with van der Waals surface area (Å²) in [6.45, 7) is 2.70. The first-order chi connectivity index (χ1) is 16.0. The Kier molecular flexibility index (Phi) is 6.84. The number of halogens is 1. The van der Waals surface area contributed by atoms with Gasteiger partial charge in [-0.1, -0.05) is 49.2 Å². The van der Waals surface area contributed by atoms with Gasteiger partial charge in [-0.2, -0.15) is 0 Å². The SMILES string of the molecule is CCCCOc1cccc(C(O)=C2C(=O)C(=O)N(Cc3ccco3)C2c2cccc(Cl)c2)c1. The van der Waals surface area contributed by atoms with Crippen molar-refractivity contribution in [3.63, 3.8) is 0 Å². The van der Waals surface area contributed by atoms with E-state index in [9.17, 15) is 14.7 Å². The minimum Gasteiger partial charge on any atom is -0.507 e. The van der Waals surface area contributed by atoms with Crippen LogP contribution in [0.5, 0.6) is 5.75 Å². The number of ketones is 1. The molecule has 1 aromatic heterocycles. The van der Waals surface area contributed by atoms with Crippen LogP contribution in [0.2, 0.25) is 5.02 Å². The smallest absolute Gasteiger partial charge is 0.296 e. The second-order valence-electron chi connectivity index (χ2n) is 7.79. The van der Waals surface area contributed by atoms with Gasteiger partial charge in [-0.3, -0.25) is 9.59 Å². The van der Waals surface area contributed by atoms with Gasteiger partial charge in [0.05, 0.1) is 31.0 Å². The van der Waals surface area contributed by atoms with Crippen LogP contribution in [0.25, 0.3) is 5.76 Å². The number of hydrogen-bond acceptors (Lipinski definition) is 5. The van der Waals surface area contributed by atoms with Crippen LogP contribution in [-0.4, -0.2) is 28.3 Å². The van der Waals surface area contributed by atoms with E-state index in [2.05, 4.69) is 6.92 Å². The number of aliphatic hydroxyl groups is 1. The monoisotopic (exact) mass is 465 g/mol. The molecule has 2 heterocycles. The first kappa shape index (κ1) is 22.7. The first-order valence-electron chi connectivity index (χ1n) is 10.8. The summed E-state index contributed by atoms with van der Waals surface area (Å²) in [4.78, 5) is 27.5. The predicted molar refractivity (Wildman–Crippen MR) is 125 cm³/mol. The third kappa shape index (κ3) is 4.81. The zero-order valence-electron chi connectivity index (χ0n) is 18.2. The van der Waals surface area contributed by atoms with Crippen molar-refractivity contribution in [2.24, 2.45) is 0 Å². The van der Waals surface area contributed by atoms with Gasteiger partial charge < -0.3 is 19.2 Å². The van der Waals surface area contributed by atoms with Gasteiger partial charge in [-0.15, -0.1) is 0 Å². The Morgan fingerprint density at radius 1 is 1.12 bits per heavy atom. The molecule has 0 spiro atoms. The number of ether oxygens (including phenoxy) is 1. The summed E-state index contributed by atoms with van der Waals surface area (Å²) in [5.74, 6) is -0.636. The molecule has 0 radical (unpaired) electrons. The van der Waals surface area contributed by atoms with E-state index in [-0.39, 0.29) is 17.9 Å². The fraction of sp³-hybridized carbons (Fsp3) is 0.231. The van der Waals surface area contributed by atoms with Gasteiger partial charge in [0.15, 0.2) is 0 Å². The molecule has 3 aromatic rings. The molecular formula is C26H24ClNO5. The molecule has 6 nitrogen and oxygen atoms in total. The number of Topliss-reactive ketones (excluding diaryl/α,β-unsaturated/α-hetero) is 1. The second-order valence-corrected chi connectivity index (χ2v) is 8.23. The number of benzene rings is 2. The number of carbonyl (C=O) groups excluding carboxylic acids is 2. The predicted octanol–water partition coefficient (Wildman–Crippen LogP) is 5.73. The highest BCUT2D eigenvalue weighted by molar-refractivity contribution is 6.46. The molecular weight excluding hydrogens is 442 g/mol. The van der Waals surface area contributed by atoms with Crippen LogP contribution in [0.4, 0.5) is 0 Å². The van der Waals surface area contributed by atoms with Crippen molar-refractivity contribution < 1.29 is 23.8 Å². The van der Waals surface area contributed by atoms with Crippen LogP contribution >= 0.6 is 11.6 Å². The fourth-order valence-electron chi connectivity index (χ4n) is 3.86. The number of nitrogens with zero attached hydrogens (tertiary/aromatic N) is 1. The average Bonchev–Trinajstić information content (AvgIpc) is 3.41. The van der Waals surface area contributed by atoms with E-state index in [1.54, 1.807) is 60.7 Å². The van der Waals surface area contributed by atoms with E-state index in [1.807, 2.05) is 0 Å². The summed E-state index contributed by atoms with van der Waals surface area (Å²) in [6, 6.07) is 16.4. The molecule has 0 bridgehead atoms. The summed E-state index contributed by atoms with van der Waals surface area (Å²) in [5.41, 5.74) is 1.01. The number of unbranched alkanes of at least 4 members (excludes halogenated alkanes) is 1. The van der Waals surface area contributed by atoms with Gasteiger partial charge in [0.1, 0.15) is 17.3 Å². The minimum absolute atomic E-state index is 0.000434. The molecule has 1 fully saturated rings. The molecule has 0 saturated carbocycles. The molecule has 170 valence electrons. The molecule has 0 aliphatic carbocycles. The fourth-order valence-corrected chi connectivity index (χ4v) is 4.06. The number of rotatable bonds is 8. The maximum absolute atomic E-state index is 13.1. The Morgan fingerprint density at radius 2 is 1.94 bits per heavy atom. The number of furan rings is 1. The molecule has 1 saturated heterocycles. The number of hydrogen-bond donors (Lipinski definition) is 1. The summed E-state index contributed by atoms with van der Waals surface area (Å²) < 4.78 is 11.1. The zero-order valence-corrected chi connectivity index (χ0v) is 18.9. The summed E-state index contributed by atoms with van der Waals surface area (Å²) in [5, 5.41) is 11.7. The standard InChI is InChI=1S/C26H24ClNO5/c1-2-3-12-32-20-10-5-8-18(15-20)24(29)22-23(17-7-4-9-19(27)14-17)28(26(31)25(22)30)16-21-11-6-13-33-21/h4-11,13-15,23,29H,2-3,12,16H2,1H3. The lowest BCUT2D eigenvalue weighted by atomic mass is 9.95. The highest BCUT2D eigenvalue weighted by atomic mass is 35.5. The lowest BCUT2D eigenvalue weighted by molar-refractivity contribution is -0.140. The van der Waals surface area contributed by atoms with Crippen molar-refractivity contribution in [1.82, 2.24) is 4.90 Å². The number of aliphatic hydroxyl groups excluding tert-OH is 1. The number of likely N-dealkylation sites (tertiary alicyclic amines) is 1. The van der Waals surface area contributed by atoms with Crippen LogP contribution < -0.4 is 4.74 Å². The molecule has 1 N–H and O–H groups in total. The van der Waals surface area contributed by atoms with Crippen molar-refractivity contribution in [3.05, 3.63) is 94.4 Å². The molecule has 2 aromatic carbocycles. The lowest BCUT2D eigenvalue weighted by Crippen LogP contribution is -2.29. The van der Waals surface area contributed by atoms with E-state index in [0.717, 1.165) is 12.8 Å². The van der Waals surface area contributed by atoms with Crippen LogP contribution in [0.15, 0.2) is 76.9 Å². The summed E-state index contributed by atoms with van der Waals surface area (Å²) in [7, 11) is 0. The quantitative estimate of drug-likeness (QED) is 0.199. The van der Waals surface area contributed by atoms with Gasteiger partial charge in [-0.25, -0.2) is 0 Å². The molecule has 1 aliphatic heterocycles. The second kappa shape index (κ2) is 9.96. The largest absolute Gasteiger partial charge is 0.507 e. The zero-order chi connectivity index (χ0) is 23.4. The molecule has 1 aliphatic rings. The summed E-state index contributed by atoms with van der Waals surface area (Å²) >= 11 is 6.21. The van der Waals surface area contributed by atoms with Gasteiger partial charge in [0, 0.05) is 10.6 Å². The van der Waals surface area contributed by atoms with Crippen LogP contribution in [0.1, 0.15) is 42.7 Å². The average molecular weight is 466 g/mol. The third-order valence-electron chi connectivity index (χ3n) is 5.48. The van der Waals surface area contributed by atoms with E-state index < -0.39 is 17.7 Å². The minimum atomic E-state index is -0.821. The van der Waals surface area contributed by atoms with Gasteiger partial charge in [-0.05, 0) is 48.4 Å². The highest BCUT2D eigenvalue weighted by Crippen LogP contribution is 2.41. The van der Waals surface area contributed by atoms with Crippen LogP contribution in [0, 0.1) is 0 Å². The lowest BCUT2D eigenvalue weighted by Gasteiger charge is -2.24. The Morgan fingerprint density at radius 3 is 2.67 bits per heavy atom. The van der Waals surface area contributed by atoms with E-state index in [4.69, 9.17) is 20.8 Å². The number of carbonyl (C=O) groups is 2. The Hall–Kier alpha value is -3.51. The summed E-state index contributed by atoms with van der Waals surface area (Å²) in [6.07, 6.45) is 3.41. The Bertz CT molecular complexity index is 1180. The van der Waals surface area contributed by atoms with Crippen molar-refractivity contribution in [3.8, 4) is 5.75 Å². The molecule has 1 atom stereocenters. The van der Waals surface area contributed by atoms with Crippen LogP contribution in [-0.2, 0) is 16.1 Å². The topological polar surface area (TPSA) is 80.0 Å². The maximum atomic E-state index is 13.1. The van der Waals surface area contributed by atoms with Gasteiger partial charge >= 0.3 is 0 Å². The molecule has 1 unspecified atom stereocenters. The van der Waals surface area contributed by atoms with Crippen molar-refractivity contribution in [1.29, 1.82) is 0 Å². The normalized spacial score (nSPS) is 17.5. The number of amides is 1.